The largest absolute Gasteiger partial charge is 0.465 e. The molecule has 0 saturated carbocycles. The number of carbonyl (C=O) groups excluding carboxylic acids is 4. The molecule has 4 aromatic carbocycles. The lowest BCUT2D eigenvalue weighted by Crippen LogP contribution is -2.00. The number of hydrogen-bond acceptors (Lipinski definition) is 10. The molecule has 9 rings (SSSR count). The lowest BCUT2D eigenvalue weighted by Gasteiger charge is -2.08. The fraction of sp³-hybridized carbons (Fsp3) is 0.0769. The number of aromatic nitrogens is 3. The number of hydrogen-bond donors (Lipinski definition) is 2. The lowest BCUT2D eigenvalue weighted by molar-refractivity contribution is 0.0592. The number of nitrogens with one attached hydrogen (secondary N) is 2. The van der Waals surface area contributed by atoms with Crippen LogP contribution in [0, 0.1) is 0 Å². The summed E-state index contributed by atoms with van der Waals surface area (Å²) in [5.41, 5.74) is 13.6. The molecule has 0 atom stereocenters. The van der Waals surface area contributed by atoms with Crippen molar-refractivity contribution in [3.05, 3.63) is 167 Å². The van der Waals surface area contributed by atoms with E-state index in [0.29, 0.717) is 39.3 Å². The normalized spacial score (nSPS) is 11.6. The quantitative estimate of drug-likeness (QED) is 0.112. The molecule has 0 spiro atoms. The van der Waals surface area contributed by atoms with Crippen LogP contribution in [-0.4, -0.2) is 73.5 Å². The van der Waals surface area contributed by atoms with Crippen LogP contribution in [0.2, 0.25) is 0 Å². The van der Waals surface area contributed by atoms with Gasteiger partial charge in [0.25, 0.3) is 0 Å². The van der Waals surface area contributed by atoms with E-state index in [4.69, 9.17) is 28.9 Å². The van der Waals surface area contributed by atoms with Gasteiger partial charge in [-0.3, -0.25) is 4.99 Å². The van der Waals surface area contributed by atoms with Crippen LogP contribution < -0.4 is 0 Å². The summed E-state index contributed by atoms with van der Waals surface area (Å²) in [6, 6.07) is 38.6. The van der Waals surface area contributed by atoms with Crippen LogP contribution in [-0.2, 0) is 18.9 Å². The highest BCUT2D eigenvalue weighted by molar-refractivity contribution is 6.06. The van der Waals surface area contributed by atoms with Crippen LogP contribution in [0.3, 0.4) is 0 Å². The molecule has 0 fully saturated rings. The van der Waals surface area contributed by atoms with Crippen LogP contribution in [0.5, 0.6) is 0 Å². The third kappa shape index (κ3) is 7.53. The Morgan fingerprint density at radius 2 is 0.719 bits per heavy atom. The van der Waals surface area contributed by atoms with Crippen molar-refractivity contribution >= 4 is 70.0 Å². The summed E-state index contributed by atoms with van der Waals surface area (Å²) in [5, 5.41) is 0. The molecule has 0 aliphatic carbocycles. The third-order valence-corrected chi connectivity index (χ3v) is 11.2. The van der Waals surface area contributed by atoms with E-state index in [9.17, 15) is 19.2 Å². The zero-order valence-corrected chi connectivity index (χ0v) is 35.0. The molecule has 3 aromatic heterocycles. The van der Waals surface area contributed by atoms with Crippen molar-refractivity contribution in [2.75, 3.05) is 28.4 Å². The molecule has 64 heavy (non-hydrogen) atoms. The minimum Gasteiger partial charge on any atom is -0.465 e. The van der Waals surface area contributed by atoms with Crippen molar-refractivity contribution in [1.82, 2.24) is 15.0 Å². The van der Waals surface area contributed by atoms with Crippen molar-refractivity contribution in [2.45, 2.75) is 0 Å². The van der Waals surface area contributed by atoms with Gasteiger partial charge in [-0.15, -0.1) is 0 Å². The molecule has 12 heteroatoms. The lowest BCUT2D eigenvalue weighted by atomic mass is 9.99. The van der Waals surface area contributed by atoms with Crippen LogP contribution in [0.15, 0.2) is 132 Å². The van der Waals surface area contributed by atoms with E-state index in [0.717, 1.165) is 72.1 Å². The van der Waals surface area contributed by atoms with Crippen molar-refractivity contribution < 1.29 is 38.1 Å². The SMILES string of the molecule is COC(=O)c1ccc(-c2c3cc(c(-c4ccc(C(=O)OC)cc4)c4ccc([nH]4)c(-c4ccc(C(=O)OC)cc4)c4nc(c(-c5ccc(C(=O)OC)cc5)c5ccc2[nH]5)C=C4)N=C3)cc1. The van der Waals surface area contributed by atoms with E-state index in [1.807, 2.05) is 97.2 Å². The second-order valence-electron chi connectivity index (χ2n) is 14.8. The number of H-pyrrole nitrogens is 2. The van der Waals surface area contributed by atoms with Gasteiger partial charge in [-0.1, -0.05) is 48.5 Å². The highest BCUT2D eigenvalue weighted by Gasteiger charge is 2.20. The van der Waals surface area contributed by atoms with Crippen LogP contribution in [0.1, 0.15) is 58.4 Å². The number of aromatic amines is 2. The Morgan fingerprint density at radius 1 is 0.406 bits per heavy atom. The molecule has 2 aliphatic heterocycles. The van der Waals surface area contributed by atoms with Crippen molar-refractivity contribution in [3.8, 4) is 44.5 Å². The predicted molar refractivity (Wildman–Crippen MR) is 246 cm³/mol. The van der Waals surface area contributed by atoms with Crippen LogP contribution >= 0.6 is 0 Å². The molecule has 12 nitrogen and oxygen atoms in total. The number of nitrogens with zero attached hydrogens (tertiary/aromatic N) is 2. The highest BCUT2D eigenvalue weighted by atomic mass is 16.5. The van der Waals surface area contributed by atoms with Gasteiger partial charge in [0.15, 0.2) is 0 Å². The molecular weight excluding hydrogens is 809 g/mol. The molecule has 8 bridgehead atoms. The van der Waals surface area contributed by atoms with E-state index in [1.54, 1.807) is 48.5 Å². The Labute approximate surface area is 366 Å². The predicted octanol–water partition coefficient (Wildman–Crippen LogP) is 10.7. The number of benzene rings is 4. The van der Waals surface area contributed by atoms with E-state index in [1.165, 1.54) is 28.4 Å². The maximum atomic E-state index is 12.5. The van der Waals surface area contributed by atoms with E-state index in [-0.39, 0.29) is 0 Å². The molecule has 5 heterocycles. The third-order valence-electron chi connectivity index (χ3n) is 11.2. The number of aliphatic imine (C=N–C) groups is 1. The second-order valence-corrected chi connectivity index (χ2v) is 14.8. The maximum absolute atomic E-state index is 12.5. The summed E-state index contributed by atoms with van der Waals surface area (Å²) < 4.78 is 20.0. The van der Waals surface area contributed by atoms with E-state index < -0.39 is 23.9 Å². The highest BCUT2D eigenvalue weighted by Crippen LogP contribution is 2.41. The molecule has 2 N–H and O–H groups in total. The second kappa shape index (κ2) is 17.0. The molecule has 0 amide bonds. The molecule has 314 valence electrons. The summed E-state index contributed by atoms with van der Waals surface area (Å²) in [6.45, 7) is 0. The summed E-state index contributed by atoms with van der Waals surface area (Å²) in [4.78, 5) is 67.6. The minimum absolute atomic E-state index is 0.400. The van der Waals surface area contributed by atoms with Crippen LogP contribution in [0.4, 0.5) is 5.69 Å². The number of rotatable bonds is 8. The van der Waals surface area contributed by atoms with Gasteiger partial charge in [0.1, 0.15) is 0 Å². The molecule has 0 radical (unpaired) electrons. The summed E-state index contributed by atoms with van der Waals surface area (Å²) in [7, 11) is 5.38. The first kappa shape index (κ1) is 40.7. The smallest absolute Gasteiger partial charge is 0.337 e. The fourth-order valence-corrected chi connectivity index (χ4v) is 8.01. The van der Waals surface area contributed by atoms with Crippen molar-refractivity contribution in [3.63, 3.8) is 0 Å². The Morgan fingerprint density at radius 3 is 1.08 bits per heavy atom. The average Bonchev–Trinajstić information content (AvgIpc) is 4.20. The first-order valence-corrected chi connectivity index (χ1v) is 20.1. The van der Waals surface area contributed by atoms with Gasteiger partial charge in [0.05, 0.1) is 67.8 Å². The fourth-order valence-electron chi connectivity index (χ4n) is 8.01. The summed E-state index contributed by atoms with van der Waals surface area (Å²) in [5.74, 6) is -1.81. The van der Waals surface area contributed by atoms with E-state index >= 15 is 0 Å². The van der Waals surface area contributed by atoms with Crippen molar-refractivity contribution in [1.29, 1.82) is 0 Å². The van der Waals surface area contributed by atoms with Crippen LogP contribution in [0.25, 0.3) is 78.7 Å². The van der Waals surface area contributed by atoms with Gasteiger partial charge in [0, 0.05) is 56.1 Å². The molecule has 0 unspecified atom stereocenters. The first-order chi connectivity index (χ1) is 31.2. The van der Waals surface area contributed by atoms with E-state index in [2.05, 4.69) is 9.97 Å². The van der Waals surface area contributed by atoms with Gasteiger partial charge < -0.3 is 28.9 Å². The molecule has 0 saturated heterocycles. The molecule has 2 aliphatic rings. The number of ether oxygens (including phenoxy) is 4. The summed E-state index contributed by atoms with van der Waals surface area (Å²) >= 11 is 0. The van der Waals surface area contributed by atoms with Crippen molar-refractivity contribution in [2.24, 2.45) is 4.99 Å². The first-order valence-electron chi connectivity index (χ1n) is 20.1. The number of methoxy groups -OCH3 is 4. The van der Waals surface area contributed by atoms with Gasteiger partial charge in [0.2, 0.25) is 0 Å². The number of fused-ring (bicyclic) bond motifs is 8. The molecule has 7 aromatic rings. The van der Waals surface area contributed by atoms with Gasteiger partial charge >= 0.3 is 23.9 Å². The maximum Gasteiger partial charge on any atom is 0.337 e. The average molecular weight is 847 g/mol. The monoisotopic (exact) mass is 846 g/mol. The Kier molecular flexibility index (Phi) is 10.8. The van der Waals surface area contributed by atoms with Gasteiger partial charge in [-0.05, 0) is 113 Å². The Balaban J connectivity index is 1.40. The number of esters is 4. The Hall–Kier alpha value is -8.64. The minimum atomic E-state index is -0.453. The zero-order valence-electron chi connectivity index (χ0n) is 35.0. The topological polar surface area (TPSA) is 162 Å². The number of carbonyl (C=O) groups is 4. The van der Waals surface area contributed by atoms with Gasteiger partial charge in [-0.25, -0.2) is 24.2 Å². The zero-order chi connectivity index (χ0) is 44.5. The summed E-state index contributed by atoms with van der Waals surface area (Å²) in [6.07, 6.45) is 5.71. The standard InChI is InChI=1S/C52H38N4O8/c1-61-49(57)33-13-5-29(6-14-33)45-37-27-44(53-28-37)48(32-11-19-36(20-12-32)52(60)64-4)43-26-25-42(56-43)47(31-9-17-35(18-10-31)51(59)63-3)41-24-23-40(55-41)46(39-22-21-38(45)54-39)30-7-15-34(16-8-30)50(58)62-2/h5-28,54,56H,1-4H3. The Bertz CT molecular complexity index is 2820. The van der Waals surface area contributed by atoms with Gasteiger partial charge in [-0.2, -0.15) is 0 Å². The molecular formula is C52H38N4O8.